The minimum atomic E-state index is 0.114. The van der Waals surface area contributed by atoms with Gasteiger partial charge in [0.05, 0.1) is 20.3 Å². The fourth-order valence-corrected chi connectivity index (χ4v) is 4.26. The first-order valence-corrected chi connectivity index (χ1v) is 9.86. The molecule has 1 aliphatic rings. The summed E-state index contributed by atoms with van der Waals surface area (Å²) in [6, 6.07) is 19.4. The van der Waals surface area contributed by atoms with E-state index < -0.39 is 0 Å². The Balaban J connectivity index is 1.81. The van der Waals surface area contributed by atoms with Crippen LogP contribution in [-0.4, -0.2) is 30.2 Å². The maximum atomic E-state index is 5.76. The number of ether oxygens (including phenoxy) is 2. The van der Waals surface area contributed by atoms with Crippen molar-refractivity contribution in [2.75, 3.05) is 20.8 Å². The minimum absolute atomic E-state index is 0.114. The molecule has 0 saturated heterocycles. The van der Waals surface area contributed by atoms with Gasteiger partial charge >= 0.3 is 0 Å². The van der Waals surface area contributed by atoms with Crippen LogP contribution in [0.3, 0.4) is 0 Å². The van der Waals surface area contributed by atoms with E-state index in [0.717, 1.165) is 43.1 Å². The van der Waals surface area contributed by atoms with E-state index in [2.05, 4.69) is 65.1 Å². The van der Waals surface area contributed by atoms with Gasteiger partial charge in [-0.2, -0.15) is 0 Å². The predicted molar refractivity (Wildman–Crippen MR) is 112 cm³/mol. The number of aromatic nitrogens is 1. The molecule has 28 heavy (non-hydrogen) atoms. The second-order valence-electron chi connectivity index (χ2n) is 7.45. The number of methoxy groups -OCH3 is 2. The third-order valence-electron chi connectivity index (χ3n) is 5.55. The van der Waals surface area contributed by atoms with Crippen LogP contribution in [0.5, 0.6) is 11.5 Å². The monoisotopic (exact) mass is 376 g/mol. The lowest BCUT2D eigenvalue weighted by molar-refractivity contribution is 0.216. The summed E-state index contributed by atoms with van der Waals surface area (Å²) in [6.45, 7) is 5.12. The average Bonchev–Trinajstić information content (AvgIpc) is 3.09. The van der Waals surface area contributed by atoms with Crippen LogP contribution in [-0.2, 0) is 13.1 Å². The first-order valence-electron chi connectivity index (χ1n) is 9.86. The highest BCUT2D eigenvalue weighted by molar-refractivity contribution is 5.45. The molecule has 0 amide bonds. The molecule has 0 spiro atoms. The van der Waals surface area contributed by atoms with E-state index in [1.807, 2.05) is 12.1 Å². The van der Waals surface area contributed by atoms with Crippen molar-refractivity contribution in [1.29, 1.82) is 0 Å². The van der Waals surface area contributed by atoms with Crippen LogP contribution < -0.4 is 9.47 Å². The second kappa shape index (κ2) is 8.11. The van der Waals surface area contributed by atoms with Gasteiger partial charge in [0.25, 0.3) is 0 Å². The van der Waals surface area contributed by atoms with E-state index in [4.69, 9.17) is 9.47 Å². The van der Waals surface area contributed by atoms with Crippen molar-refractivity contribution in [3.63, 3.8) is 0 Å². The molecule has 0 saturated carbocycles. The van der Waals surface area contributed by atoms with Crippen LogP contribution in [0.25, 0.3) is 0 Å². The highest BCUT2D eigenvalue weighted by atomic mass is 16.5. The smallest absolute Gasteiger partial charge is 0.124 e. The summed E-state index contributed by atoms with van der Waals surface area (Å²) < 4.78 is 13.7. The predicted octanol–water partition coefficient (Wildman–Crippen LogP) is 4.81. The molecule has 0 bridgehead atoms. The Morgan fingerprint density at radius 1 is 0.964 bits per heavy atom. The van der Waals surface area contributed by atoms with Gasteiger partial charge in [0.1, 0.15) is 11.5 Å². The molecule has 4 nitrogen and oxygen atoms in total. The molecule has 1 atom stereocenters. The topological polar surface area (TPSA) is 26.6 Å². The van der Waals surface area contributed by atoms with Gasteiger partial charge in [-0.1, -0.05) is 29.8 Å². The average molecular weight is 377 g/mol. The van der Waals surface area contributed by atoms with Crippen LogP contribution in [0.2, 0.25) is 0 Å². The zero-order valence-electron chi connectivity index (χ0n) is 16.9. The molecule has 3 aromatic rings. The van der Waals surface area contributed by atoms with E-state index in [9.17, 15) is 0 Å². The maximum absolute atomic E-state index is 5.76. The van der Waals surface area contributed by atoms with Gasteiger partial charge in [-0.05, 0) is 49.2 Å². The van der Waals surface area contributed by atoms with Crippen LogP contribution in [0.15, 0.2) is 60.8 Å². The number of aryl methyl sites for hydroxylation is 2. The summed E-state index contributed by atoms with van der Waals surface area (Å²) in [5.74, 6) is 1.75. The number of benzene rings is 2. The summed E-state index contributed by atoms with van der Waals surface area (Å²) in [6.07, 6.45) is 3.31. The molecular weight excluding hydrogens is 348 g/mol. The molecule has 2 heterocycles. The highest BCUT2D eigenvalue weighted by Gasteiger charge is 2.30. The molecule has 146 valence electrons. The molecule has 0 radical (unpaired) electrons. The third-order valence-corrected chi connectivity index (χ3v) is 5.55. The molecule has 0 aliphatic carbocycles. The Labute approximate surface area is 167 Å². The van der Waals surface area contributed by atoms with Crippen LogP contribution in [0.4, 0.5) is 0 Å². The van der Waals surface area contributed by atoms with Gasteiger partial charge in [-0.3, -0.25) is 4.90 Å². The van der Waals surface area contributed by atoms with Crippen molar-refractivity contribution in [3.05, 3.63) is 83.2 Å². The van der Waals surface area contributed by atoms with E-state index in [1.165, 1.54) is 16.8 Å². The van der Waals surface area contributed by atoms with Crippen LogP contribution in [0, 0.1) is 6.92 Å². The normalized spacial score (nSPS) is 17.0. The summed E-state index contributed by atoms with van der Waals surface area (Å²) in [4.78, 5) is 2.56. The molecule has 1 aromatic heterocycles. The number of hydrogen-bond acceptors (Lipinski definition) is 3. The number of hydrogen-bond donors (Lipinski definition) is 0. The first-order chi connectivity index (χ1) is 13.7. The maximum Gasteiger partial charge on any atom is 0.124 e. The molecule has 1 aliphatic heterocycles. The van der Waals surface area contributed by atoms with E-state index in [0.29, 0.717) is 0 Å². The van der Waals surface area contributed by atoms with Gasteiger partial charge in [0, 0.05) is 37.1 Å². The summed E-state index contributed by atoms with van der Waals surface area (Å²) >= 11 is 0. The Morgan fingerprint density at radius 2 is 1.86 bits per heavy atom. The van der Waals surface area contributed by atoms with Crippen molar-refractivity contribution in [3.8, 4) is 11.5 Å². The number of nitrogens with zero attached hydrogens (tertiary/aromatic N) is 2. The second-order valence-corrected chi connectivity index (χ2v) is 7.45. The van der Waals surface area contributed by atoms with Crippen molar-refractivity contribution in [2.24, 2.45) is 0 Å². The van der Waals surface area contributed by atoms with Crippen LogP contribution in [0.1, 0.15) is 34.8 Å². The SMILES string of the molecule is COc1ccc(OC)c([C@H]2c3cccn3CCCN2Cc2cccc(C)c2)c1. The van der Waals surface area contributed by atoms with E-state index in [1.54, 1.807) is 14.2 Å². The number of rotatable bonds is 5. The zero-order valence-corrected chi connectivity index (χ0v) is 16.9. The minimum Gasteiger partial charge on any atom is -0.497 e. The van der Waals surface area contributed by atoms with Crippen molar-refractivity contribution in [1.82, 2.24) is 9.47 Å². The lowest BCUT2D eigenvalue weighted by Gasteiger charge is -2.32. The van der Waals surface area contributed by atoms with Gasteiger partial charge in [0.2, 0.25) is 0 Å². The molecule has 2 aromatic carbocycles. The summed E-state index contributed by atoms with van der Waals surface area (Å²) in [5.41, 5.74) is 5.09. The Bertz CT molecular complexity index is 947. The molecule has 0 fully saturated rings. The molecule has 0 unspecified atom stereocenters. The van der Waals surface area contributed by atoms with Gasteiger partial charge in [0.15, 0.2) is 0 Å². The summed E-state index contributed by atoms with van der Waals surface area (Å²) in [5, 5.41) is 0. The summed E-state index contributed by atoms with van der Waals surface area (Å²) in [7, 11) is 3.46. The van der Waals surface area contributed by atoms with Crippen molar-refractivity contribution in [2.45, 2.75) is 32.5 Å². The Hall–Kier alpha value is -2.72. The zero-order chi connectivity index (χ0) is 19.5. The fourth-order valence-electron chi connectivity index (χ4n) is 4.26. The molecule has 4 heteroatoms. The fraction of sp³-hybridized carbons (Fsp3) is 0.333. The third kappa shape index (κ3) is 3.65. The van der Waals surface area contributed by atoms with E-state index in [-0.39, 0.29) is 6.04 Å². The standard InChI is InChI=1S/C24H28N2O2/c1-18-7-4-8-19(15-18)17-26-14-6-13-25-12-5-9-22(25)24(26)21-16-20(27-2)10-11-23(21)28-3/h4-5,7-12,15-16,24H,6,13-14,17H2,1-3H3/t24-/m0/s1. The Morgan fingerprint density at radius 3 is 2.64 bits per heavy atom. The number of fused-ring (bicyclic) bond motifs is 1. The lowest BCUT2D eigenvalue weighted by atomic mass is 9.99. The molecule has 4 rings (SSSR count). The van der Waals surface area contributed by atoms with Gasteiger partial charge in [-0.25, -0.2) is 0 Å². The Kier molecular flexibility index (Phi) is 5.40. The van der Waals surface area contributed by atoms with Gasteiger partial charge in [-0.15, -0.1) is 0 Å². The quantitative estimate of drug-likeness (QED) is 0.639. The molecular formula is C24H28N2O2. The van der Waals surface area contributed by atoms with Crippen LogP contribution >= 0.6 is 0 Å². The van der Waals surface area contributed by atoms with Crippen molar-refractivity contribution < 1.29 is 9.47 Å². The highest BCUT2D eigenvalue weighted by Crippen LogP contribution is 2.39. The first kappa shape index (κ1) is 18.6. The van der Waals surface area contributed by atoms with Gasteiger partial charge < -0.3 is 14.0 Å². The van der Waals surface area contributed by atoms with E-state index >= 15 is 0 Å². The molecule has 0 N–H and O–H groups in total. The van der Waals surface area contributed by atoms with Crippen molar-refractivity contribution >= 4 is 0 Å². The largest absolute Gasteiger partial charge is 0.497 e. The lowest BCUT2D eigenvalue weighted by Crippen LogP contribution is -2.29.